The first kappa shape index (κ1) is 78.7. The minimum atomic E-state index is -3.08. The number of aliphatic hydroxyl groups is 1. The molecule has 0 radical (unpaired) electrons. The zero-order valence-electron chi connectivity index (χ0n) is 59.1. The summed E-state index contributed by atoms with van der Waals surface area (Å²) in [6.45, 7) is 11.4. The lowest BCUT2D eigenvalue weighted by Gasteiger charge is -2.21. The zero-order valence-corrected chi connectivity index (χ0v) is 61.3. The topological polar surface area (TPSA) is 253 Å². The molecule has 12 rings (SSSR count). The van der Waals surface area contributed by atoms with Crippen molar-refractivity contribution in [2.75, 3.05) is 6.61 Å². The number of hydrogen-bond acceptors (Lipinski definition) is 15. The summed E-state index contributed by atoms with van der Waals surface area (Å²) in [5.41, 5.74) is 8.53. The van der Waals surface area contributed by atoms with E-state index < -0.39 is 78.3 Å². The molecule has 3 amide bonds. The van der Waals surface area contributed by atoms with Gasteiger partial charge in [-0.1, -0.05) is 89.8 Å². The highest BCUT2D eigenvalue weighted by Crippen LogP contribution is 2.37. The Morgan fingerprint density at radius 1 is 0.514 bits per heavy atom. The van der Waals surface area contributed by atoms with E-state index in [2.05, 4.69) is 56.0 Å². The van der Waals surface area contributed by atoms with E-state index in [1.165, 1.54) is 65.3 Å². The Balaban J connectivity index is 0.000000172. The number of fused-ring (bicyclic) bond motifs is 3. The fourth-order valence-electron chi connectivity index (χ4n) is 11.5. The van der Waals surface area contributed by atoms with Crippen LogP contribution in [0.25, 0.3) is 49.8 Å². The van der Waals surface area contributed by atoms with Gasteiger partial charge in [0.1, 0.15) is 96.5 Å². The average Bonchev–Trinajstić information content (AvgIpc) is 1.75. The van der Waals surface area contributed by atoms with Gasteiger partial charge in [-0.2, -0.15) is 19.0 Å². The molecule has 6 aromatic carbocycles. The molecule has 0 aliphatic rings. The van der Waals surface area contributed by atoms with E-state index in [4.69, 9.17) is 49.0 Å². The molecule has 0 unspecified atom stereocenters. The number of pyridine rings is 3. The van der Waals surface area contributed by atoms with Crippen molar-refractivity contribution in [2.24, 2.45) is 13.0 Å². The molecule has 0 spiro atoms. The minimum absolute atomic E-state index is 0.0246. The van der Waals surface area contributed by atoms with Gasteiger partial charge in [0, 0.05) is 60.6 Å². The number of aliphatic hydroxyl groups excluding tert-OH is 1. The molecular weight excluding hydrogens is 1460 g/mol. The standard InChI is InChI=1S/C26H25ClF2N4O2.C25H23ClF2N4O3.C24H22ClF3N6O3/c1-14(2)26(34)32-16(4)20-9-17(28)10-22(27)21(20)13-35-24-7-5-6-19-23(8-15(3)31-25(19)24)33-12-18(29)11-30-33;1-13-7-22(32-11-17(28)10-29-32)18-5-4-6-23(24(18)30-13)35-12-20-19(8-16(27)9-21(20)26)14(2)31-25(34)15(3)33;1-13-7-20(34-30-12-29-33(34)3)16-5-4-6-21(23(16)31-13)36-10-18-17(8-15(26)9-19(18)25)14(2)32-22(35)11-37-24(27)28/h5-12,14,16H,13H2,1-4H3,(H,32,34);4-11,14-15,33H,12H2,1-3H3,(H,31,34);4-9,12,14,24H,10-11H2,1-3H3/p+1/t16-;14-,15+;14-/m000/s1. The largest absolute Gasteiger partial charge is 0.487 e. The summed E-state index contributed by atoms with van der Waals surface area (Å²) < 4.78 is 119. The molecule has 0 bridgehead atoms. The predicted octanol–water partition coefficient (Wildman–Crippen LogP) is 14.6. The van der Waals surface area contributed by atoms with E-state index in [-0.39, 0.29) is 46.7 Å². The van der Waals surface area contributed by atoms with Crippen molar-refractivity contribution in [3.8, 4) is 34.3 Å². The smallest absolute Gasteiger partial charge is 0.345 e. The number of tetrazole rings is 1. The van der Waals surface area contributed by atoms with Crippen molar-refractivity contribution in [3.05, 3.63) is 235 Å². The Morgan fingerprint density at radius 3 is 1.23 bits per heavy atom. The molecule has 0 saturated heterocycles. The number of hydrogen-bond donors (Lipinski definition) is 4. The van der Waals surface area contributed by atoms with Crippen LogP contribution in [0.4, 0.5) is 30.7 Å². The van der Waals surface area contributed by atoms with Gasteiger partial charge in [0.2, 0.25) is 17.7 Å². The number of amides is 3. The lowest BCUT2D eigenvalue weighted by molar-refractivity contribution is -0.800. The van der Waals surface area contributed by atoms with Crippen LogP contribution in [0.3, 0.4) is 0 Å². The number of carbonyl (C=O) groups is 3. The van der Waals surface area contributed by atoms with Crippen LogP contribution < -0.4 is 35.0 Å². The van der Waals surface area contributed by atoms with E-state index in [1.807, 2.05) is 44.2 Å². The third-order valence-corrected chi connectivity index (χ3v) is 17.6. The second-order valence-corrected chi connectivity index (χ2v) is 26.2. The number of alkyl halides is 2. The lowest BCUT2D eigenvalue weighted by atomic mass is 10.0. The number of aromatic nitrogens is 11. The van der Waals surface area contributed by atoms with Crippen LogP contribution in [0.5, 0.6) is 17.2 Å². The monoisotopic (exact) mass is 1530 g/mol. The molecule has 4 atom stereocenters. The summed E-state index contributed by atoms with van der Waals surface area (Å²) in [5, 5.41) is 36.6. The molecule has 0 fully saturated rings. The van der Waals surface area contributed by atoms with Crippen LogP contribution in [-0.2, 0) is 46.0 Å². The maximum absolute atomic E-state index is 14.2. The van der Waals surface area contributed by atoms with E-state index in [9.17, 15) is 50.2 Å². The Kier molecular flexibility index (Phi) is 25.5. The van der Waals surface area contributed by atoms with Crippen molar-refractivity contribution >= 4 is 85.2 Å². The van der Waals surface area contributed by atoms with Crippen molar-refractivity contribution in [1.29, 1.82) is 0 Å². The van der Waals surface area contributed by atoms with Gasteiger partial charge in [-0.15, -0.1) is 0 Å². The molecule has 0 aliphatic carbocycles. The second kappa shape index (κ2) is 34.6. The fourth-order valence-corrected chi connectivity index (χ4v) is 12.3. The number of benzene rings is 6. The number of halogens is 10. The molecular formula is C75H71Cl3F7N14O8+. The van der Waals surface area contributed by atoms with Gasteiger partial charge >= 0.3 is 6.61 Å². The van der Waals surface area contributed by atoms with Gasteiger partial charge in [-0.05, 0) is 143 Å². The second-order valence-electron chi connectivity index (χ2n) is 25.0. The number of para-hydroxylation sites is 3. The Morgan fingerprint density at radius 2 is 0.888 bits per heavy atom. The molecule has 12 aromatic rings. The lowest BCUT2D eigenvalue weighted by Crippen LogP contribution is -2.41. The van der Waals surface area contributed by atoms with E-state index in [0.717, 1.165) is 40.6 Å². The molecule has 0 aliphatic heterocycles. The van der Waals surface area contributed by atoms with Crippen LogP contribution in [0.2, 0.25) is 15.1 Å². The zero-order chi connectivity index (χ0) is 77.2. The SMILES string of the molecule is Cc1cc(-n2cc(F)cn2)c2cccc(OCc3c(Cl)cc(F)cc3[C@H](C)NC(=O)C(C)C)c2n1.Cc1cc(-n2cc(F)cn2)c2cccc(OCc3c(Cl)cc(F)cc3[C@H](C)NC(=O)[C@@H](C)O)c2n1.Cc1cc(-n2ncn[n+]2C)c2cccc(OCc3c(Cl)cc(F)cc3[C@H](C)NC(=O)COC(F)F)c2n1. The first-order valence-corrected chi connectivity index (χ1v) is 34.2. The molecule has 22 nitrogen and oxygen atoms in total. The normalized spacial score (nSPS) is 12.5. The summed E-state index contributed by atoms with van der Waals surface area (Å²) >= 11 is 19.1. The fraction of sp³-hybridized carbons (Fsp3) is 0.267. The van der Waals surface area contributed by atoms with Crippen LogP contribution in [0.15, 0.2) is 140 Å². The van der Waals surface area contributed by atoms with E-state index >= 15 is 0 Å². The summed E-state index contributed by atoms with van der Waals surface area (Å²) in [6.07, 6.45) is 5.04. The van der Waals surface area contributed by atoms with Crippen molar-refractivity contribution < 1.29 is 74.0 Å². The van der Waals surface area contributed by atoms with Gasteiger partial charge in [-0.3, -0.25) is 14.4 Å². The average molecular weight is 1540 g/mol. The van der Waals surface area contributed by atoms with E-state index in [1.54, 1.807) is 101 Å². The predicted molar refractivity (Wildman–Crippen MR) is 385 cm³/mol. The van der Waals surface area contributed by atoms with Crippen LogP contribution >= 0.6 is 34.8 Å². The molecule has 4 N–H and O–H groups in total. The number of carbonyl (C=O) groups excluding carboxylic acids is 3. The Bertz CT molecular complexity index is 5070. The quantitative estimate of drug-likeness (QED) is 0.0343. The van der Waals surface area contributed by atoms with Crippen molar-refractivity contribution in [3.63, 3.8) is 0 Å². The number of nitrogens with one attached hydrogen (secondary N) is 3. The Hall–Kier alpha value is -10.9. The molecule has 32 heteroatoms. The van der Waals surface area contributed by atoms with Crippen LogP contribution in [-0.4, -0.2) is 91.7 Å². The summed E-state index contributed by atoms with van der Waals surface area (Å²) in [7, 11) is 1.76. The third kappa shape index (κ3) is 19.2. The molecule has 6 heterocycles. The van der Waals surface area contributed by atoms with Crippen molar-refractivity contribution in [1.82, 2.24) is 65.5 Å². The number of nitrogens with zero attached hydrogens (tertiary/aromatic N) is 11. The van der Waals surface area contributed by atoms with E-state index in [0.29, 0.717) is 95.3 Å². The van der Waals surface area contributed by atoms with Gasteiger partial charge < -0.3 is 40.0 Å². The number of aryl methyl sites for hydroxylation is 4. The van der Waals surface area contributed by atoms with Crippen LogP contribution in [0.1, 0.15) is 110 Å². The summed E-state index contributed by atoms with van der Waals surface area (Å²) in [4.78, 5) is 53.2. The first-order chi connectivity index (χ1) is 50.9. The van der Waals surface area contributed by atoms with Gasteiger partial charge in [0.25, 0.3) is 6.33 Å². The van der Waals surface area contributed by atoms with Gasteiger partial charge in [0.15, 0.2) is 11.6 Å². The third-order valence-electron chi connectivity index (χ3n) is 16.6. The van der Waals surface area contributed by atoms with Crippen LogP contribution in [0, 0.1) is 55.8 Å². The Labute approximate surface area is 623 Å². The number of ether oxygens (including phenoxy) is 4. The molecule has 107 heavy (non-hydrogen) atoms. The highest BCUT2D eigenvalue weighted by atomic mass is 35.5. The molecule has 558 valence electrons. The first-order valence-electron chi connectivity index (χ1n) is 33.1. The minimum Gasteiger partial charge on any atom is -0.487 e. The van der Waals surface area contributed by atoms with Gasteiger partial charge in [0.05, 0.1) is 74.5 Å². The maximum Gasteiger partial charge on any atom is 0.345 e. The summed E-state index contributed by atoms with van der Waals surface area (Å²) in [6, 6.07) is 27.1. The summed E-state index contributed by atoms with van der Waals surface area (Å²) in [5.74, 6) is -3.00. The molecule has 6 aromatic heterocycles. The van der Waals surface area contributed by atoms with Gasteiger partial charge in [-0.25, -0.2) is 46.3 Å². The van der Waals surface area contributed by atoms with Crippen molar-refractivity contribution in [2.45, 2.75) is 113 Å². The number of rotatable bonds is 23. The highest BCUT2D eigenvalue weighted by Gasteiger charge is 2.26. The maximum atomic E-state index is 14.2. The molecule has 0 saturated carbocycles. The highest BCUT2D eigenvalue weighted by molar-refractivity contribution is 6.32.